The van der Waals surface area contributed by atoms with Gasteiger partial charge in [0, 0.05) is 29.9 Å². The molecule has 0 aliphatic carbocycles. The third kappa shape index (κ3) is 5.11. The maximum atomic E-state index is 12.4. The fourth-order valence-electron chi connectivity index (χ4n) is 4.00. The Balaban J connectivity index is 1.79. The van der Waals surface area contributed by atoms with Crippen molar-refractivity contribution >= 4 is 34.1 Å². The summed E-state index contributed by atoms with van der Waals surface area (Å²) in [5, 5.41) is 14.1. The zero-order chi connectivity index (χ0) is 24.8. The van der Waals surface area contributed by atoms with E-state index in [0.717, 1.165) is 23.2 Å². The van der Waals surface area contributed by atoms with E-state index in [-0.39, 0.29) is 5.56 Å². The fourth-order valence-corrected chi connectivity index (χ4v) is 4.00. The molecule has 10 heteroatoms. The highest BCUT2D eigenvalue weighted by atomic mass is 16.5. The number of aromatic amines is 1. The van der Waals surface area contributed by atoms with Gasteiger partial charge in [0.2, 0.25) is 5.95 Å². The normalized spacial score (nSPS) is 10.8. The van der Waals surface area contributed by atoms with Crippen molar-refractivity contribution < 1.29 is 14.3 Å². The summed E-state index contributed by atoms with van der Waals surface area (Å²) in [4.78, 5) is 20.9. The van der Waals surface area contributed by atoms with Crippen molar-refractivity contribution in [1.29, 1.82) is 0 Å². The fraction of sp³-hybridized carbons (Fsp3) is 0.280. The van der Waals surface area contributed by atoms with Crippen LogP contribution in [-0.2, 0) is 13.0 Å². The number of benzene rings is 2. The first kappa shape index (κ1) is 23.8. The Labute approximate surface area is 203 Å². The molecule has 35 heavy (non-hydrogen) atoms. The van der Waals surface area contributed by atoms with E-state index in [4.69, 9.17) is 15.2 Å². The molecule has 0 aliphatic heterocycles. The predicted molar refractivity (Wildman–Crippen MR) is 135 cm³/mol. The minimum Gasteiger partial charge on any atom is -0.490 e. The molecule has 4 aromatic rings. The molecule has 0 unspecified atom stereocenters. The number of carbonyl (C=O) groups excluding carboxylic acids is 1. The third-order valence-electron chi connectivity index (χ3n) is 5.54. The zero-order valence-electron chi connectivity index (χ0n) is 20.0. The Morgan fingerprint density at radius 3 is 2.51 bits per heavy atom. The minimum atomic E-state index is -0.575. The molecular formula is C25H29N7O3. The third-order valence-corrected chi connectivity index (χ3v) is 5.54. The van der Waals surface area contributed by atoms with Crippen LogP contribution in [0.4, 0.5) is 17.3 Å². The molecule has 0 saturated carbocycles. The van der Waals surface area contributed by atoms with Gasteiger partial charge >= 0.3 is 0 Å². The number of H-pyrrole nitrogens is 1. The summed E-state index contributed by atoms with van der Waals surface area (Å²) in [6.07, 6.45) is 3.78. The highest BCUT2D eigenvalue weighted by molar-refractivity contribution is 6.08. The highest BCUT2D eigenvalue weighted by Crippen LogP contribution is 2.38. The molecule has 2 aromatic heterocycles. The topological polar surface area (TPSA) is 140 Å². The molecule has 2 aromatic carbocycles. The van der Waals surface area contributed by atoms with Gasteiger partial charge in [-0.1, -0.05) is 19.1 Å². The monoisotopic (exact) mass is 475 g/mol. The summed E-state index contributed by atoms with van der Waals surface area (Å²) in [6, 6.07) is 9.64. The summed E-state index contributed by atoms with van der Waals surface area (Å²) in [5.41, 5.74) is 10.3. The molecule has 4 rings (SSSR count). The molecular weight excluding hydrogens is 446 g/mol. The van der Waals surface area contributed by atoms with Gasteiger partial charge in [-0.2, -0.15) is 0 Å². The van der Waals surface area contributed by atoms with Crippen molar-refractivity contribution in [2.24, 2.45) is 5.73 Å². The van der Waals surface area contributed by atoms with Crippen molar-refractivity contribution in [1.82, 2.24) is 20.2 Å². The number of carbonyl (C=O) groups is 1. The Morgan fingerprint density at radius 2 is 1.86 bits per heavy atom. The van der Waals surface area contributed by atoms with Crippen LogP contribution in [0.2, 0.25) is 0 Å². The van der Waals surface area contributed by atoms with Crippen LogP contribution in [0.1, 0.15) is 42.3 Å². The van der Waals surface area contributed by atoms with E-state index >= 15 is 0 Å². The van der Waals surface area contributed by atoms with E-state index in [9.17, 15) is 4.79 Å². The number of hydrogen-bond acceptors (Lipinski definition) is 8. The van der Waals surface area contributed by atoms with Crippen molar-refractivity contribution in [3.05, 3.63) is 59.5 Å². The molecule has 5 N–H and O–H groups in total. The van der Waals surface area contributed by atoms with Crippen molar-refractivity contribution in [3.63, 3.8) is 0 Å². The number of ether oxygens (including phenoxy) is 2. The standard InChI is InChI=1S/C25H29N7O3/c1-4-16-15(12-28-25-29-14-30-32-25)8-7-9-19(16)31-23-17-10-21(34-5-2)22(35-6-3)11-20(17)27-13-18(23)24(26)33/h7-11,13-14H,4-6,12H2,1-3H3,(H2,26,33)(H,27,31)(H2,28,29,30,32). The van der Waals surface area contributed by atoms with Crippen molar-refractivity contribution in [2.75, 3.05) is 23.8 Å². The predicted octanol–water partition coefficient (Wildman–Crippen LogP) is 4.17. The smallest absolute Gasteiger partial charge is 0.252 e. The van der Waals surface area contributed by atoms with Gasteiger partial charge in [0.15, 0.2) is 11.5 Å². The second-order valence-electron chi connectivity index (χ2n) is 7.69. The second kappa shape index (κ2) is 10.7. The van der Waals surface area contributed by atoms with Crippen molar-refractivity contribution in [3.8, 4) is 11.5 Å². The summed E-state index contributed by atoms with van der Waals surface area (Å²) in [7, 11) is 0. The number of pyridine rings is 1. The Bertz CT molecular complexity index is 1320. The molecule has 2 heterocycles. The van der Waals surface area contributed by atoms with E-state index in [0.29, 0.717) is 53.8 Å². The van der Waals surface area contributed by atoms with E-state index in [2.05, 4.69) is 37.7 Å². The number of hydrogen-bond donors (Lipinski definition) is 4. The molecule has 0 aliphatic rings. The Kier molecular flexibility index (Phi) is 7.30. The lowest BCUT2D eigenvalue weighted by Gasteiger charge is -2.19. The van der Waals surface area contributed by atoms with Crippen LogP contribution in [0.15, 0.2) is 42.9 Å². The maximum Gasteiger partial charge on any atom is 0.252 e. The second-order valence-corrected chi connectivity index (χ2v) is 7.69. The number of amides is 1. The van der Waals surface area contributed by atoms with E-state index in [1.165, 1.54) is 12.5 Å². The highest BCUT2D eigenvalue weighted by Gasteiger charge is 2.18. The van der Waals surface area contributed by atoms with Crippen LogP contribution < -0.4 is 25.8 Å². The van der Waals surface area contributed by atoms with E-state index in [1.807, 2.05) is 44.2 Å². The number of aromatic nitrogens is 4. The summed E-state index contributed by atoms with van der Waals surface area (Å²) < 4.78 is 11.6. The summed E-state index contributed by atoms with van der Waals surface area (Å²) in [5.74, 6) is 1.12. The van der Waals surface area contributed by atoms with Gasteiger partial charge in [0.1, 0.15) is 6.33 Å². The van der Waals surface area contributed by atoms with Gasteiger partial charge < -0.3 is 25.8 Å². The van der Waals surface area contributed by atoms with Gasteiger partial charge in [-0.3, -0.25) is 14.9 Å². The summed E-state index contributed by atoms with van der Waals surface area (Å²) >= 11 is 0. The minimum absolute atomic E-state index is 0.287. The number of nitrogens with zero attached hydrogens (tertiary/aromatic N) is 3. The Morgan fingerprint density at radius 1 is 1.09 bits per heavy atom. The summed E-state index contributed by atoms with van der Waals surface area (Å²) in [6.45, 7) is 7.40. The van der Waals surface area contributed by atoms with Crippen LogP contribution in [0.25, 0.3) is 10.9 Å². The molecule has 0 saturated heterocycles. The van der Waals surface area contributed by atoms with Gasteiger partial charge in [0.05, 0.1) is 30.0 Å². The molecule has 0 atom stereocenters. The van der Waals surface area contributed by atoms with Gasteiger partial charge in [-0.15, -0.1) is 5.10 Å². The molecule has 10 nitrogen and oxygen atoms in total. The van der Waals surface area contributed by atoms with E-state index < -0.39 is 5.91 Å². The van der Waals surface area contributed by atoms with Gasteiger partial charge in [-0.05, 0) is 43.5 Å². The zero-order valence-corrected chi connectivity index (χ0v) is 20.0. The largest absolute Gasteiger partial charge is 0.490 e. The SMILES string of the molecule is CCOc1cc2ncc(C(N)=O)c(Nc3cccc(CNc4nc[nH]n4)c3CC)c2cc1OCC. The average Bonchev–Trinajstić information content (AvgIpc) is 3.37. The number of fused-ring (bicyclic) bond motifs is 1. The molecule has 182 valence electrons. The number of primary amides is 1. The first-order chi connectivity index (χ1) is 17.0. The molecule has 0 fully saturated rings. The van der Waals surface area contributed by atoms with Crippen LogP contribution >= 0.6 is 0 Å². The molecule has 1 amide bonds. The van der Waals surface area contributed by atoms with Gasteiger partial charge in [0.25, 0.3) is 5.91 Å². The lowest BCUT2D eigenvalue weighted by atomic mass is 10.0. The van der Waals surface area contributed by atoms with Gasteiger partial charge in [-0.25, -0.2) is 4.98 Å². The number of rotatable bonds is 11. The number of anilines is 3. The van der Waals surface area contributed by atoms with Crippen LogP contribution in [0.3, 0.4) is 0 Å². The number of nitrogens with two attached hydrogens (primary N) is 1. The molecule has 0 spiro atoms. The lowest BCUT2D eigenvalue weighted by Crippen LogP contribution is -2.15. The van der Waals surface area contributed by atoms with Crippen LogP contribution in [-0.4, -0.2) is 39.3 Å². The van der Waals surface area contributed by atoms with E-state index in [1.54, 1.807) is 0 Å². The first-order valence-electron chi connectivity index (χ1n) is 11.5. The van der Waals surface area contributed by atoms with Crippen LogP contribution in [0, 0.1) is 0 Å². The average molecular weight is 476 g/mol. The quantitative estimate of drug-likeness (QED) is 0.253. The molecule has 0 radical (unpaired) electrons. The first-order valence-corrected chi connectivity index (χ1v) is 11.5. The molecule has 0 bridgehead atoms. The lowest BCUT2D eigenvalue weighted by molar-refractivity contribution is 0.100. The Hall–Kier alpha value is -4.34. The number of nitrogens with one attached hydrogen (secondary N) is 3. The van der Waals surface area contributed by atoms with Crippen LogP contribution in [0.5, 0.6) is 11.5 Å². The maximum absolute atomic E-state index is 12.4. The van der Waals surface area contributed by atoms with Crippen molar-refractivity contribution in [2.45, 2.75) is 33.7 Å².